The van der Waals surface area contributed by atoms with Gasteiger partial charge >= 0.3 is 0 Å². The highest BCUT2D eigenvalue weighted by Crippen LogP contribution is 2.40. The summed E-state index contributed by atoms with van der Waals surface area (Å²) in [4.78, 5) is 28.3. The zero-order valence-electron chi connectivity index (χ0n) is 16.0. The number of anilines is 1. The normalized spacial score (nSPS) is 17.8. The molecule has 148 valence electrons. The highest BCUT2D eigenvalue weighted by Gasteiger charge is 2.40. The fourth-order valence-electron chi connectivity index (χ4n) is 3.88. The minimum atomic E-state index is -0.528. The van der Waals surface area contributed by atoms with E-state index in [4.69, 9.17) is 0 Å². The monoisotopic (exact) mass is 400 g/mol. The van der Waals surface area contributed by atoms with Crippen molar-refractivity contribution in [3.8, 4) is 0 Å². The molecule has 1 aromatic carbocycles. The number of nitrogens with one attached hydrogen (secondary N) is 1. The summed E-state index contributed by atoms with van der Waals surface area (Å²) in [6.07, 6.45) is 3.97. The van der Waals surface area contributed by atoms with Gasteiger partial charge < -0.3 is 5.32 Å². The van der Waals surface area contributed by atoms with E-state index in [1.165, 1.54) is 10.9 Å². The second kappa shape index (κ2) is 8.13. The number of Topliss-reactive ketones (excluding diaryl/α,β-unsaturated/α-hetero) is 1. The largest absolute Gasteiger partial charge is 0.318 e. The fraction of sp³-hybridized carbons (Fsp3) is 0.455. The van der Waals surface area contributed by atoms with Crippen LogP contribution in [-0.2, 0) is 22.6 Å². The summed E-state index contributed by atoms with van der Waals surface area (Å²) in [5.74, 6) is -0.0751. The summed E-state index contributed by atoms with van der Waals surface area (Å²) in [5, 5.41) is 3.83. The van der Waals surface area contributed by atoms with E-state index in [1.54, 1.807) is 29.5 Å². The molecule has 1 amide bonds. The van der Waals surface area contributed by atoms with Crippen molar-refractivity contribution in [3.05, 3.63) is 52.2 Å². The Bertz CT molecular complexity index is 890. The van der Waals surface area contributed by atoms with Crippen molar-refractivity contribution < 1.29 is 14.0 Å². The van der Waals surface area contributed by atoms with Crippen LogP contribution in [0, 0.1) is 11.7 Å². The predicted molar refractivity (Wildman–Crippen MR) is 109 cm³/mol. The lowest BCUT2D eigenvalue weighted by atomic mass is 9.95. The van der Waals surface area contributed by atoms with Gasteiger partial charge in [0.15, 0.2) is 5.78 Å². The van der Waals surface area contributed by atoms with Crippen LogP contribution in [0.5, 0.6) is 0 Å². The molecule has 6 heteroatoms. The molecule has 2 aromatic rings. The average molecular weight is 401 g/mol. The molecule has 0 saturated heterocycles. The molecule has 0 spiro atoms. The van der Waals surface area contributed by atoms with E-state index in [2.05, 4.69) is 10.2 Å². The van der Waals surface area contributed by atoms with E-state index in [0.717, 1.165) is 36.2 Å². The molecule has 1 saturated carbocycles. The molecule has 1 aliphatic carbocycles. The zero-order valence-corrected chi connectivity index (χ0v) is 16.9. The molecular weight excluding hydrogens is 375 g/mol. The van der Waals surface area contributed by atoms with Crippen LogP contribution in [0.15, 0.2) is 30.3 Å². The summed E-state index contributed by atoms with van der Waals surface area (Å²) < 4.78 is 14.5. The predicted octanol–water partition coefficient (Wildman–Crippen LogP) is 4.70. The topological polar surface area (TPSA) is 49.4 Å². The Morgan fingerprint density at radius 2 is 2.11 bits per heavy atom. The van der Waals surface area contributed by atoms with Crippen LogP contribution in [0.4, 0.5) is 9.39 Å². The third-order valence-electron chi connectivity index (χ3n) is 5.45. The molecular formula is C22H25FN2O2S. The fourth-order valence-corrected chi connectivity index (χ4v) is 4.96. The molecule has 1 atom stereocenters. The Balaban J connectivity index is 1.57. The zero-order chi connectivity index (χ0) is 19.7. The molecule has 1 aromatic heterocycles. The quantitative estimate of drug-likeness (QED) is 0.733. The number of fused-ring (bicyclic) bond motifs is 1. The van der Waals surface area contributed by atoms with Crippen LogP contribution >= 0.6 is 11.3 Å². The van der Waals surface area contributed by atoms with Crippen molar-refractivity contribution in [2.75, 3.05) is 11.9 Å². The standard InChI is InChI=1S/C22H25FN2O2S/c1-2-5-19(26)24-20-12-15-13-25(11-10-18(15)28-20)21(22(27)14-8-9-14)16-6-3-4-7-17(16)23/h3-4,6-7,12,14,21H,2,5,8-11,13H2,1H3,(H,24,26). The van der Waals surface area contributed by atoms with Gasteiger partial charge in [0.05, 0.1) is 11.0 Å². The highest BCUT2D eigenvalue weighted by molar-refractivity contribution is 7.16. The average Bonchev–Trinajstić information content (AvgIpc) is 3.44. The van der Waals surface area contributed by atoms with Gasteiger partial charge in [-0.05, 0) is 43.4 Å². The first-order chi connectivity index (χ1) is 13.6. The number of rotatable bonds is 7. The summed E-state index contributed by atoms with van der Waals surface area (Å²) in [6, 6.07) is 8.12. The summed E-state index contributed by atoms with van der Waals surface area (Å²) in [6.45, 7) is 3.30. The summed E-state index contributed by atoms with van der Waals surface area (Å²) >= 11 is 1.61. The Morgan fingerprint density at radius 1 is 1.32 bits per heavy atom. The number of thiophene rings is 1. The van der Waals surface area contributed by atoms with Crippen molar-refractivity contribution in [1.82, 2.24) is 4.90 Å². The maximum absolute atomic E-state index is 14.5. The molecule has 1 unspecified atom stereocenters. The number of nitrogens with zero attached hydrogens (tertiary/aromatic N) is 1. The number of benzene rings is 1. The smallest absolute Gasteiger partial charge is 0.224 e. The minimum absolute atomic E-state index is 0.0334. The van der Waals surface area contributed by atoms with E-state index in [0.29, 0.717) is 25.1 Å². The van der Waals surface area contributed by atoms with Crippen molar-refractivity contribution in [3.63, 3.8) is 0 Å². The summed E-state index contributed by atoms with van der Waals surface area (Å²) in [5.41, 5.74) is 1.61. The molecule has 4 rings (SSSR count). The van der Waals surface area contributed by atoms with Crippen LogP contribution in [0.1, 0.15) is 54.7 Å². The van der Waals surface area contributed by atoms with Crippen molar-refractivity contribution in [2.45, 2.75) is 51.6 Å². The van der Waals surface area contributed by atoms with Crippen LogP contribution in [0.25, 0.3) is 0 Å². The minimum Gasteiger partial charge on any atom is -0.318 e. The first kappa shape index (κ1) is 19.3. The highest BCUT2D eigenvalue weighted by atomic mass is 32.1. The van der Waals surface area contributed by atoms with E-state index in [-0.39, 0.29) is 23.4 Å². The number of ketones is 1. The van der Waals surface area contributed by atoms with E-state index >= 15 is 0 Å². The van der Waals surface area contributed by atoms with Gasteiger partial charge in [-0.15, -0.1) is 11.3 Å². The number of halogens is 1. The lowest BCUT2D eigenvalue weighted by molar-refractivity contribution is -0.126. The van der Waals surface area contributed by atoms with Gasteiger partial charge in [0.2, 0.25) is 5.91 Å². The number of carbonyl (C=O) groups excluding carboxylic acids is 2. The number of hydrogen-bond acceptors (Lipinski definition) is 4. The van der Waals surface area contributed by atoms with Crippen molar-refractivity contribution in [1.29, 1.82) is 0 Å². The van der Waals surface area contributed by atoms with E-state index in [1.807, 2.05) is 13.0 Å². The van der Waals surface area contributed by atoms with Crippen molar-refractivity contribution >= 4 is 28.0 Å². The third kappa shape index (κ3) is 4.03. The number of hydrogen-bond donors (Lipinski definition) is 1. The number of carbonyl (C=O) groups is 2. The molecule has 28 heavy (non-hydrogen) atoms. The van der Waals surface area contributed by atoms with E-state index in [9.17, 15) is 14.0 Å². The first-order valence-corrected chi connectivity index (χ1v) is 10.8. The van der Waals surface area contributed by atoms with Gasteiger partial charge in [-0.1, -0.05) is 25.1 Å². The van der Waals surface area contributed by atoms with Crippen LogP contribution in [0.2, 0.25) is 0 Å². The van der Waals surface area contributed by atoms with Gasteiger partial charge in [0.1, 0.15) is 5.82 Å². The van der Waals surface area contributed by atoms with Crippen LogP contribution < -0.4 is 5.32 Å². The lowest BCUT2D eigenvalue weighted by Gasteiger charge is -2.34. The molecule has 2 aliphatic rings. The van der Waals surface area contributed by atoms with E-state index < -0.39 is 6.04 Å². The molecule has 1 N–H and O–H groups in total. The van der Waals surface area contributed by atoms with Crippen LogP contribution in [-0.4, -0.2) is 23.1 Å². The van der Waals surface area contributed by atoms with Crippen LogP contribution in [0.3, 0.4) is 0 Å². The molecule has 0 radical (unpaired) electrons. The molecule has 1 fully saturated rings. The summed E-state index contributed by atoms with van der Waals surface area (Å²) in [7, 11) is 0. The second-order valence-corrected chi connectivity index (χ2v) is 8.82. The first-order valence-electron chi connectivity index (χ1n) is 10.0. The Hall–Kier alpha value is -2.05. The molecule has 1 aliphatic heterocycles. The van der Waals surface area contributed by atoms with Gasteiger partial charge in [-0.25, -0.2) is 4.39 Å². The maximum Gasteiger partial charge on any atom is 0.224 e. The second-order valence-electron chi connectivity index (χ2n) is 7.68. The van der Waals surface area contributed by atoms with Crippen molar-refractivity contribution in [2.24, 2.45) is 5.92 Å². The Labute approximate surface area is 168 Å². The number of amides is 1. The SMILES string of the molecule is CCCC(=O)Nc1cc2c(s1)CCN(C(C(=O)C1CC1)c1ccccc1F)C2. The van der Waals surface area contributed by atoms with Gasteiger partial charge in [-0.3, -0.25) is 14.5 Å². The molecule has 0 bridgehead atoms. The Kier molecular flexibility index (Phi) is 5.60. The molecule has 4 nitrogen and oxygen atoms in total. The Morgan fingerprint density at radius 3 is 2.82 bits per heavy atom. The van der Waals surface area contributed by atoms with Gasteiger partial charge in [0.25, 0.3) is 0 Å². The van der Waals surface area contributed by atoms with Gasteiger partial charge in [-0.2, -0.15) is 0 Å². The maximum atomic E-state index is 14.5. The van der Waals surface area contributed by atoms with Gasteiger partial charge in [0, 0.05) is 35.9 Å². The molecule has 2 heterocycles. The third-order valence-corrected chi connectivity index (χ3v) is 6.60. The lowest BCUT2D eigenvalue weighted by Crippen LogP contribution is -2.38.